The Labute approximate surface area is 129 Å². The van der Waals surface area contributed by atoms with Gasteiger partial charge in [-0.2, -0.15) is 0 Å². The number of carbonyl (C=O) groups excluding carboxylic acids is 3. The summed E-state index contributed by atoms with van der Waals surface area (Å²) < 4.78 is 11.3. The molecule has 0 aliphatic rings. The molecule has 3 N–H and O–H groups in total. The molecule has 1 unspecified atom stereocenters. The number of nitrogens with two attached hydrogens (primary N) is 1. The Kier molecular flexibility index (Phi) is 6.16. The minimum Gasteiger partial charge on any atom is -0.490 e. The van der Waals surface area contributed by atoms with Gasteiger partial charge in [0.15, 0.2) is 17.6 Å². The van der Waals surface area contributed by atoms with Crippen LogP contribution in [0.5, 0.6) is 11.5 Å². The molecule has 1 aromatic carbocycles. The van der Waals surface area contributed by atoms with Crippen LogP contribution < -0.4 is 20.5 Å². The van der Waals surface area contributed by atoms with Crippen LogP contribution in [0.3, 0.4) is 0 Å². The van der Waals surface area contributed by atoms with E-state index in [2.05, 4.69) is 15.9 Å². The van der Waals surface area contributed by atoms with E-state index in [0.29, 0.717) is 28.7 Å². The number of aldehydes is 1. The molecule has 0 heterocycles. The summed E-state index contributed by atoms with van der Waals surface area (Å²) in [4.78, 5) is 33.1. The van der Waals surface area contributed by atoms with Crippen molar-refractivity contribution in [3.05, 3.63) is 22.2 Å². The molecule has 0 aliphatic heterocycles. The molecule has 7 nitrogen and oxygen atoms in total. The van der Waals surface area contributed by atoms with Gasteiger partial charge < -0.3 is 15.2 Å². The summed E-state index contributed by atoms with van der Waals surface area (Å²) in [7, 11) is 0. The average Bonchev–Trinajstić information content (AvgIpc) is 2.41. The molecule has 1 rings (SSSR count). The number of amides is 3. The normalized spacial score (nSPS) is 11.4. The van der Waals surface area contributed by atoms with Crippen LogP contribution in [-0.4, -0.2) is 30.9 Å². The molecule has 3 amide bonds. The quantitative estimate of drug-likeness (QED) is 0.751. The molecule has 0 aliphatic carbocycles. The third-order valence-electron chi connectivity index (χ3n) is 2.38. The highest BCUT2D eigenvalue weighted by Gasteiger charge is 2.20. The summed E-state index contributed by atoms with van der Waals surface area (Å²) >= 11 is 3.25. The van der Waals surface area contributed by atoms with Crippen molar-refractivity contribution in [2.24, 2.45) is 5.73 Å². The summed E-state index contributed by atoms with van der Waals surface area (Å²) in [6, 6.07) is 2.06. The number of urea groups is 1. The Morgan fingerprint density at radius 2 is 2.14 bits per heavy atom. The second kappa shape index (κ2) is 7.63. The zero-order valence-corrected chi connectivity index (χ0v) is 13.1. The van der Waals surface area contributed by atoms with Crippen LogP contribution in [0.25, 0.3) is 0 Å². The van der Waals surface area contributed by atoms with E-state index in [0.717, 1.165) is 0 Å². The van der Waals surface area contributed by atoms with Gasteiger partial charge in [-0.25, -0.2) is 4.79 Å². The first kappa shape index (κ1) is 17.0. The lowest BCUT2D eigenvalue weighted by molar-refractivity contribution is -0.126. The first-order chi connectivity index (χ1) is 9.88. The topological polar surface area (TPSA) is 108 Å². The summed E-state index contributed by atoms with van der Waals surface area (Å²) in [5, 5.41) is 1.92. The van der Waals surface area contributed by atoms with Crippen molar-refractivity contribution in [1.29, 1.82) is 0 Å². The third kappa shape index (κ3) is 4.75. The summed E-state index contributed by atoms with van der Waals surface area (Å²) in [6.45, 7) is 3.58. The Hall–Kier alpha value is -2.09. The lowest BCUT2D eigenvalue weighted by Crippen LogP contribution is -2.42. The first-order valence-corrected chi connectivity index (χ1v) is 6.86. The Bertz CT molecular complexity index is 562. The van der Waals surface area contributed by atoms with Crippen molar-refractivity contribution in [3.8, 4) is 11.5 Å². The molecule has 0 saturated heterocycles. The zero-order valence-electron chi connectivity index (χ0n) is 11.5. The van der Waals surface area contributed by atoms with Crippen LogP contribution in [0.4, 0.5) is 4.79 Å². The lowest BCUT2D eigenvalue weighted by Gasteiger charge is -2.18. The Morgan fingerprint density at radius 3 is 2.67 bits per heavy atom. The van der Waals surface area contributed by atoms with E-state index in [9.17, 15) is 14.4 Å². The van der Waals surface area contributed by atoms with Crippen LogP contribution in [0.2, 0.25) is 0 Å². The van der Waals surface area contributed by atoms with Crippen molar-refractivity contribution in [3.63, 3.8) is 0 Å². The summed E-state index contributed by atoms with van der Waals surface area (Å²) in [5.41, 5.74) is 5.27. The number of benzene rings is 1. The standard InChI is InChI=1S/C13H15BrN2O5/c1-3-20-10-5-8(6-17)4-9(14)11(10)21-7(2)12(18)16-13(15)19/h4-7H,3H2,1-2H3,(H3,15,16,18,19). The average molecular weight is 359 g/mol. The van der Waals surface area contributed by atoms with Gasteiger partial charge in [0, 0.05) is 5.56 Å². The van der Waals surface area contributed by atoms with E-state index < -0.39 is 18.0 Å². The van der Waals surface area contributed by atoms with Gasteiger partial charge in [0.25, 0.3) is 5.91 Å². The highest BCUT2D eigenvalue weighted by Crippen LogP contribution is 2.37. The largest absolute Gasteiger partial charge is 0.490 e. The molecule has 1 aromatic rings. The Morgan fingerprint density at radius 1 is 1.48 bits per heavy atom. The number of primary amides is 1. The molecule has 0 spiro atoms. The van der Waals surface area contributed by atoms with E-state index in [-0.39, 0.29) is 5.75 Å². The minimum atomic E-state index is -0.977. The van der Waals surface area contributed by atoms with Crippen LogP contribution in [0, 0.1) is 0 Å². The molecule has 1 atom stereocenters. The van der Waals surface area contributed by atoms with Crippen molar-refractivity contribution < 1.29 is 23.9 Å². The number of imide groups is 1. The number of carbonyl (C=O) groups is 3. The van der Waals surface area contributed by atoms with Crippen molar-refractivity contribution in [1.82, 2.24) is 5.32 Å². The van der Waals surface area contributed by atoms with Crippen LogP contribution in [0.1, 0.15) is 24.2 Å². The SMILES string of the molecule is CCOc1cc(C=O)cc(Br)c1OC(C)C(=O)NC(N)=O. The molecule has 0 bridgehead atoms. The monoisotopic (exact) mass is 358 g/mol. The van der Waals surface area contributed by atoms with E-state index in [1.165, 1.54) is 19.1 Å². The summed E-state index contributed by atoms with van der Waals surface area (Å²) in [5.74, 6) is -0.112. The van der Waals surface area contributed by atoms with Crippen molar-refractivity contribution in [2.75, 3.05) is 6.61 Å². The van der Waals surface area contributed by atoms with Gasteiger partial charge >= 0.3 is 6.03 Å². The van der Waals surface area contributed by atoms with E-state index >= 15 is 0 Å². The van der Waals surface area contributed by atoms with Gasteiger partial charge in [0.2, 0.25) is 0 Å². The smallest absolute Gasteiger partial charge is 0.318 e. The van der Waals surface area contributed by atoms with E-state index in [1.54, 1.807) is 6.92 Å². The van der Waals surface area contributed by atoms with Gasteiger partial charge in [-0.1, -0.05) is 0 Å². The molecular formula is C13H15BrN2O5. The Balaban J connectivity index is 3.03. The highest BCUT2D eigenvalue weighted by atomic mass is 79.9. The maximum Gasteiger partial charge on any atom is 0.318 e. The van der Waals surface area contributed by atoms with Crippen LogP contribution >= 0.6 is 15.9 Å². The first-order valence-electron chi connectivity index (χ1n) is 6.07. The number of halogens is 1. The van der Waals surface area contributed by atoms with Crippen molar-refractivity contribution >= 4 is 34.2 Å². The fourth-order valence-corrected chi connectivity index (χ4v) is 2.04. The number of nitrogens with one attached hydrogen (secondary N) is 1. The van der Waals surface area contributed by atoms with E-state index in [4.69, 9.17) is 15.2 Å². The molecule has 114 valence electrons. The molecule has 0 saturated carbocycles. The van der Waals surface area contributed by atoms with Crippen molar-refractivity contribution in [2.45, 2.75) is 20.0 Å². The summed E-state index contributed by atoms with van der Waals surface area (Å²) in [6.07, 6.45) is -0.310. The molecule has 0 aromatic heterocycles. The minimum absolute atomic E-state index is 0.259. The molecule has 21 heavy (non-hydrogen) atoms. The van der Waals surface area contributed by atoms with Gasteiger partial charge in [-0.15, -0.1) is 0 Å². The fourth-order valence-electron chi connectivity index (χ4n) is 1.49. The number of ether oxygens (including phenoxy) is 2. The van der Waals surface area contributed by atoms with Gasteiger partial charge in [0.05, 0.1) is 11.1 Å². The number of hydrogen-bond acceptors (Lipinski definition) is 5. The lowest BCUT2D eigenvalue weighted by atomic mass is 10.2. The molecule has 0 radical (unpaired) electrons. The molecule has 8 heteroatoms. The maximum absolute atomic E-state index is 11.6. The van der Waals surface area contributed by atoms with Gasteiger partial charge in [-0.3, -0.25) is 14.9 Å². The molecular weight excluding hydrogens is 344 g/mol. The number of rotatable bonds is 6. The second-order valence-corrected chi connectivity index (χ2v) is 4.85. The van der Waals surface area contributed by atoms with Crippen LogP contribution in [-0.2, 0) is 4.79 Å². The third-order valence-corrected chi connectivity index (χ3v) is 2.97. The fraction of sp³-hybridized carbons (Fsp3) is 0.308. The van der Waals surface area contributed by atoms with E-state index in [1.807, 2.05) is 5.32 Å². The van der Waals surface area contributed by atoms with Gasteiger partial charge in [0.1, 0.15) is 6.29 Å². The zero-order chi connectivity index (χ0) is 16.0. The second-order valence-electron chi connectivity index (χ2n) is 3.99. The predicted molar refractivity (Wildman–Crippen MR) is 78.5 cm³/mol. The highest BCUT2D eigenvalue weighted by molar-refractivity contribution is 9.10. The maximum atomic E-state index is 11.6. The molecule has 0 fully saturated rings. The predicted octanol–water partition coefficient (Wildman–Crippen LogP) is 1.62. The van der Waals surface area contributed by atoms with Crippen LogP contribution in [0.15, 0.2) is 16.6 Å². The van der Waals surface area contributed by atoms with Gasteiger partial charge in [-0.05, 0) is 41.9 Å². The number of hydrogen-bond donors (Lipinski definition) is 2.